The Labute approximate surface area is 124 Å². The number of ether oxygens (including phenoxy) is 1. The highest BCUT2D eigenvalue weighted by atomic mass is 35.5. The Balaban J connectivity index is 2.40. The largest absolute Gasteiger partial charge is 0.455 e. The normalized spacial score (nSPS) is 10.9. The molecule has 4 heteroatoms. The van der Waals surface area contributed by atoms with Crippen molar-refractivity contribution in [2.24, 2.45) is 5.73 Å². The third-order valence-electron chi connectivity index (χ3n) is 3.18. The van der Waals surface area contributed by atoms with Gasteiger partial charge in [-0.2, -0.15) is 0 Å². The average Bonchev–Trinajstić information content (AvgIpc) is 2.42. The van der Waals surface area contributed by atoms with Crippen LogP contribution in [0, 0.1) is 6.92 Å². The molecule has 20 heavy (non-hydrogen) atoms. The van der Waals surface area contributed by atoms with Crippen molar-refractivity contribution in [3.8, 4) is 11.5 Å². The van der Waals surface area contributed by atoms with E-state index in [0.29, 0.717) is 18.2 Å². The van der Waals surface area contributed by atoms with Crippen molar-refractivity contribution >= 4 is 11.6 Å². The van der Waals surface area contributed by atoms with E-state index in [2.05, 4.69) is 18.8 Å². The van der Waals surface area contributed by atoms with Crippen LogP contribution in [-0.2, 0) is 6.54 Å². The maximum absolute atomic E-state index is 6.27. The third-order valence-corrected chi connectivity index (χ3v) is 3.51. The zero-order chi connectivity index (χ0) is 14.7. The molecule has 3 nitrogen and oxygen atoms in total. The van der Waals surface area contributed by atoms with Gasteiger partial charge in [-0.1, -0.05) is 25.4 Å². The molecule has 0 aliphatic rings. The second kappa shape index (κ2) is 6.25. The first kappa shape index (κ1) is 14.8. The SMILES string of the molecule is Cc1cc(Cl)c(C(C)C)cc1Oc1cccnc1CN. The van der Waals surface area contributed by atoms with Gasteiger partial charge in [0.05, 0.1) is 5.69 Å². The van der Waals surface area contributed by atoms with E-state index in [9.17, 15) is 0 Å². The number of aryl methyl sites for hydroxylation is 1. The summed E-state index contributed by atoms with van der Waals surface area (Å²) in [7, 11) is 0. The van der Waals surface area contributed by atoms with E-state index in [4.69, 9.17) is 22.1 Å². The van der Waals surface area contributed by atoms with Crippen LogP contribution < -0.4 is 10.5 Å². The lowest BCUT2D eigenvalue weighted by Gasteiger charge is -2.15. The Morgan fingerprint density at radius 3 is 2.70 bits per heavy atom. The molecule has 0 saturated carbocycles. The number of hydrogen-bond acceptors (Lipinski definition) is 3. The van der Waals surface area contributed by atoms with E-state index >= 15 is 0 Å². The van der Waals surface area contributed by atoms with Gasteiger partial charge < -0.3 is 10.5 Å². The van der Waals surface area contributed by atoms with Crippen LogP contribution in [0.5, 0.6) is 11.5 Å². The monoisotopic (exact) mass is 290 g/mol. The molecule has 0 saturated heterocycles. The van der Waals surface area contributed by atoms with Gasteiger partial charge in [-0.3, -0.25) is 4.98 Å². The molecule has 0 bridgehead atoms. The fourth-order valence-corrected chi connectivity index (χ4v) is 2.45. The summed E-state index contributed by atoms with van der Waals surface area (Å²) in [4.78, 5) is 4.22. The molecule has 1 heterocycles. The summed E-state index contributed by atoms with van der Waals surface area (Å²) in [5.74, 6) is 1.82. The maximum atomic E-state index is 6.27. The topological polar surface area (TPSA) is 48.1 Å². The van der Waals surface area contributed by atoms with E-state index in [-0.39, 0.29) is 0 Å². The minimum absolute atomic E-state index is 0.341. The summed E-state index contributed by atoms with van der Waals surface area (Å²) in [5.41, 5.74) is 8.49. The van der Waals surface area contributed by atoms with Crippen LogP contribution in [0.15, 0.2) is 30.5 Å². The number of aromatic nitrogens is 1. The quantitative estimate of drug-likeness (QED) is 0.907. The number of hydrogen-bond donors (Lipinski definition) is 1. The minimum atomic E-state index is 0.341. The summed E-state index contributed by atoms with van der Waals surface area (Å²) in [5, 5.41) is 0.773. The molecule has 2 N–H and O–H groups in total. The number of rotatable bonds is 4. The molecular formula is C16H19ClN2O. The zero-order valence-corrected chi connectivity index (χ0v) is 12.7. The average molecular weight is 291 g/mol. The molecule has 0 spiro atoms. The highest BCUT2D eigenvalue weighted by Gasteiger charge is 2.12. The smallest absolute Gasteiger partial charge is 0.150 e. The van der Waals surface area contributed by atoms with Crippen LogP contribution in [0.1, 0.15) is 36.6 Å². The lowest BCUT2D eigenvalue weighted by atomic mass is 10.0. The van der Waals surface area contributed by atoms with E-state index in [1.165, 1.54) is 0 Å². The maximum Gasteiger partial charge on any atom is 0.150 e. The number of nitrogens with two attached hydrogens (primary N) is 1. The predicted molar refractivity (Wildman–Crippen MR) is 82.5 cm³/mol. The minimum Gasteiger partial charge on any atom is -0.455 e. The van der Waals surface area contributed by atoms with Crippen LogP contribution in [0.25, 0.3) is 0 Å². The van der Waals surface area contributed by atoms with Crippen LogP contribution in [0.3, 0.4) is 0 Å². The van der Waals surface area contributed by atoms with Gasteiger partial charge in [0, 0.05) is 17.8 Å². The van der Waals surface area contributed by atoms with Crippen molar-refractivity contribution in [1.29, 1.82) is 0 Å². The summed E-state index contributed by atoms with van der Waals surface area (Å²) in [6.07, 6.45) is 1.71. The number of benzene rings is 1. The van der Waals surface area contributed by atoms with E-state index in [1.54, 1.807) is 6.20 Å². The molecule has 2 rings (SSSR count). The summed E-state index contributed by atoms with van der Waals surface area (Å²) >= 11 is 6.27. The van der Waals surface area contributed by atoms with Crippen molar-refractivity contribution in [2.75, 3.05) is 0 Å². The van der Waals surface area contributed by atoms with E-state index in [0.717, 1.165) is 27.6 Å². The molecular weight excluding hydrogens is 272 g/mol. The van der Waals surface area contributed by atoms with Crippen molar-refractivity contribution in [3.05, 3.63) is 52.3 Å². The van der Waals surface area contributed by atoms with Crippen molar-refractivity contribution < 1.29 is 4.74 Å². The lowest BCUT2D eigenvalue weighted by molar-refractivity contribution is 0.468. The first-order chi connectivity index (χ1) is 9.52. The van der Waals surface area contributed by atoms with Gasteiger partial charge in [0.25, 0.3) is 0 Å². The Kier molecular flexibility index (Phi) is 4.63. The van der Waals surface area contributed by atoms with Crippen molar-refractivity contribution in [2.45, 2.75) is 33.2 Å². The van der Waals surface area contributed by atoms with Gasteiger partial charge in [-0.05, 0) is 48.2 Å². The van der Waals surface area contributed by atoms with Crippen molar-refractivity contribution in [1.82, 2.24) is 4.98 Å². The molecule has 1 aromatic heterocycles. The Hall–Kier alpha value is -1.58. The molecule has 0 radical (unpaired) electrons. The molecule has 0 amide bonds. The summed E-state index contributed by atoms with van der Waals surface area (Å²) in [6, 6.07) is 7.64. The van der Waals surface area contributed by atoms with Crippen LogP contribution >= 0.6 is 11.6 Å². The van der Waals surface area contributed by atoms with Crippen molar-refractivity contribution in [3.63, 3.8) is 0 Å². The van der Waals surface area contributed by atoms with E-state index in [1.807, 2.05) is 31.2 Å². The first-order valence-corrected chi connectivity index (χ1v) is 7.02. The van der Waals surface area contributed by atoms with E-state index < -0.39 is 0 Å². The zero-order valence-electron chi connectivity index (χ0n) is 12.0. The second-order valence-corrected chi connectivity index (χ2v) is 5.46. The fourth-order valence-electron chi connectivity index (χ4n) is 2.01. The third kappa shape index (κ3) is 3.11. The molecule has 2 aromatic rings. The van der Waals surface area contributed by atoms with Gasteiger partial charge in [0.1, 0.15) is 11.5 Å². The Bertz CT molecular complexity index is 611. The van der Waals surface area contributed by atoms with Crippen LogP contribution in [-0.4, -0.2) is 4.98 Å². The van der Waals surface area contributed by atoms with Gasteiger partial charge in [-0.25, -0.2) is 0 Å². The summed E-state index contributed by atoms with van der Waals surface area (Å²) in [6.45, 7) is 6.54. The second-order valence-electron chi connectivity index (χ2n) is 5.05. The number of halogens is 1. The molecule has 0 unspecified atom stereocenters. The highest BCUT2D eigenvalue weighted by molar-refractivity contribution is 6.31. The van der Waals surface area contributed by atoms with Crippen LogP contribution in [0.4, 0.5) is 0 Å². The van der Waals surface area contributed by atoms with Gasteiger partial charge in [-0.15, -0.1) is 0 Å². The lowest BCUT2D eigenvalue weighted by Crippen LogP contribution is -2.02. The molecule has 0 aliphatic heterocycles. The number of nitrogens with zero attached hydrogens (tertiary/aromatic N) is 1. The van der Waals surface area contributed by atoms with Gasteiger partial charge in [0.2, 0.25) is 0 Å². The molecule has 106 valence electrons. The molecule has 0 aliphatic carbocycles. The van der Waals surface area contributed by atoms with Gasteiger partial charge >= 0.3 is 0 Å². The predicted octanol–water partition coefficient (Wildman–Crippen LogP) is 4.42. The number of pyridine rings is 1. The Morgan fingerprint density at radius 1 is 1.30 bits per heavy atom. The summed E-state index contributed by atoms with van der Waals surface area (Å²) < 4.78 is 5.98. The molecule has 0 atom stereocenters. The standard InChI is InChI=1S/C16H19ClN2O/c1-10(2)12-8-16(11(3)7-13(12)17)20-15-5-4-6-19-14(15)9-18/h4-8,10H,9,18H2,1-3H3. The Morgan fingerprint density at radius 2 is 2.05 bits per heavy atom. The molecule has 0 fully saturated rings. The molecule has 1 aromatic carbocycles. The van der Waals surface area contributed by atoms with Gasteiger partial charge in [0.15, 0.2) is 0 Å². The first-order valence-electron chi connectivity index (χ1n) is 6.64. The highest BCUT2D eigenvalue weighted by Crippen LogP contribution is 2.34. The van der Waals surface area contributed by atoms with Crippen LogP contribution in [0.2, 0.25) is 5.02 Å². The fraction of sp³-hybridized carbons (Fsp3) is 0.312.